The summed E-state index contributed by atoms with van der Waals surface area (Å²) in [5.41, 5.74) is 0.967. The molecule has 5 nitrogen and oxygen atoms in total. The molecular formula is C14H22N2O3S. The van der Waals surface area contributed by atoms with Crippen molar-refractivity contribution in [2.45, 2.75) is 50.8 Å². The second-order valence-corrected chi connectivity index (χ2v) is 6.36. The molecule has 0 unspecified atom stereocenters. The third-order valence-electron chi connectivity index (χ3n) is 3.12. The van der Waals surface area contributed by atoms with Gasteiger partial charge in [0.2, 0.25) is 15.9 Å². The molecule has 0 heterocycles. The summed E-state index contributed by atoms with van der Waals surface area (Å²) in [5, 5.41) is 7.87. The summed E-state index contributed by atoms with van der Waals surface area (Å²) in [7, 11) is -3.77. The highest BCUT2D eigenvalue weighted by molar-refractivity contribution is 7.89. The first-order valence-corrected chi connectivity index (χ1v) is 8.33. The average Bonchev–Trinajstić information content (AvgIpc) is 2.36. The van der Waals surface area contributed by atoms with Gasteiger partial charge < -0.3 is 5.32 Å². The van der Waals surface area contributed by atoms with Crippen LogP contribution in [0.25, 0.3) is 0 Å². The number of nitrogens with two attached hydrogens (primary N) is 1. The Labute approximate surface area is 120 Å². The molecule has 0 aliphatic rings. The van der Waals surface area contributed by atoms with Crippen molar-refractivity contribution in [3.05, 3.63) is 23.8 Å². The summed E-state index contributed by atoms with van der Waals surface area (Å²) >= 11 is 0. The summed E-state index contributed by atoms with van der Waals surface area (Å²) in [4.78, 5) is 11.8. The zero-order chi connectivity index (χ0) is 15.2. The van der Waals surface area contributed by atoms with Crippen molar-refractivity contribution in [3.63, 3.8) is 0 Å². The van der Waals surface area contributed by atoms with Gasteiger partial charge in [-0.1, -0.05) is 32.3 Å². The van der Waals surface area contributed by atoms with Gasteiger partial charge in [-0.05, 0) is 31.0 Å². The Morgan fingerprint density at radius 2 is 1.95 bits per heavy atom. The average molecular weight is 298 g/mol. The van der Waals surface area contributed by atoms with Gasteiger partial charge in [0.25, 0.3) is 0 Å². The molecule has 1 aromatic rings. The first-order valence-electron chi connectivity index (χ1n) is 6.78. The number of rotatable bonds is 7. The third kappa shape index (κ3) is 4.94. The van der Waals surface area contributed by atoms with Crippen LogP contribution in [-0.2, 0) is 14.8 Å². The Kier molecular flexibility index (Phi) is 6.16. The van der Waals surface area contributed by atoms with Crippen LogP contribution in [0, 0.1) is 6.92 Å². The maximum absolute atomic E-state index is 11.8. The van der Waals surface area contributed by atoms with Gasteiger partial charge in [0.1, 0.15) is 0 Å². The second kappa shape index (κ2) is 7.40. The fourth-order valence-electron chi connectivity index (χ4n) is 1.98. The summed E-state index contributed by atoms with van der Waals surface area (Å²) < 4.78 is 22.8. The maximum Gasteiger partial charge on any atom is 0.238 e. The Bertz CT molecular complexity index is 568. The normalized spacial score (nSPS) is 11.3. The molecular weight excluding hydrogens is 276 g/mol. The Balaban J connectivity index is 2.71. The van der Waals surface area contributed by atoms with Crippen molar-refractivity contribution in [1.29, 1.82) is 0 Å². The van der Waals surface area contributed by atoms with Crippen LogP contribution >= 0.6 is 0 Å². The van der Waals surface area contributed by atoms with Gasteiger partial charge in [0, 0.05) is 12.1 Å². The number of amides is 1. The quantitative estimate of drug-likeness (QED) is 0.758. The van der Waals surface area contributed by atoms with E-state index in [0.717, 1.165) is 25.7 Å². The zero-order valence-electron chi connectivity index (χ0n) is 12.0. The molecule has 0 fully saturated rings. The van der Waals surface area contributed by atoms with Crippen molar-refractivity contribution < 1.29 is 13.2 Å². The highest BCUT2D eigenvalue weighted by Gasteiger charge is 2.14. The van der Waals surface area contributed by atoms with Gasteiger partial charge in [0.05, 0.1) is 4.90 Å². The molecule has 112 valence electrons. The Morgan fingerprint density at radius 3 is 2.55 bits per heavy atom. The lowest BCUT2D eigenvalue weighted by Gasteiger charge is -2.11. The molecule has 1 rings (SSSR count). The molecule has 6 heteroatoms. The molecule has 1 aromatic carbocycles. The van der Waals surface area contributed by atoms with E-state index in [2.05, 4.69) is 12.2 Å². The van der Waals surface area contributed by atoms with E-state index < -0.39 is 10.0 Å². The van der Waals surface area contributed by atoms with Crippen molar-refractivity contribution >= 4 is 21.6 Å². The molecule has 0 saturated carbocycles. The first-order chi connectivity index (χ1) is 9.36. The largest absolute Gasteiger partial charge is 0.326 e. The smallest absolute Gasteiger partial charge is 0.238 e. The van der Waals surface area contributed by atoms with Crippen LogP contribution in [0.15, 0.2) is 23.1 Å². The van der Waals surface area contributed by atoms with Crippen LogP contribution in [0.4, 0.5) is 5.69 Å². The fourth-order valence-corrected chi connectivity index (χ4v) is 2.79. The number of benzene rings is 1. The van der Waals surface area contributed by atoms with Crippen molar-refractivity contribution in [2.24, 2.45) is 5.14 Å². The number of nitrogens with one attached hydrogen (secondary N) is 1. The van der Waals surface area contributed by atoms with Crippen LogP contribution in [0.1, 0.15) is 44.6 Å². The summed E-state index contributed by atoms with van der Waals surface area (Å²) in [6.45, 7) is 3.74. The van der Waals surface area contributed by atoms with Gasteiger partial charge in [-0.3, -0.25) is 4.79 Å². The Hall–Kier alpha value is -1.40. The van der Waals surface area contributed by atoms with E-state index in [4.69, 9.17) is 5.14 Å². The number of hydrogen-bond acceptors (Lipinski definition) is 3. The van der Waals surface area contributed by atoms with Gasteiger partial charge in [0.15, 0.2) is 0 Å². The minimum atomic E-state index is -3.77. The lowest BCUT2D eigenvalue weighted by molar-refractivity contribution is -0.116. The molecule has 0 aliphatic heterocycles. The second-order valence-electron chi connectivity index (χ2n) is 4.83. The molecule has 20 heavy (non-hydrogen) atoms. The van der Waals surface area contributed by atoms with E-state index in [0.29, 0.717) is 17.7 Å². The van der Waals surface area contributed by atoms with Crippen LogP contribution < -0.4 is 10.5 Å². The van der Waals surface area contributed by atoms with E-state index in [-0.39, 0.29) is 10.8 Å². The molecule has 0 aromatic heterocycles. The predicted molar refractivity (Wildman–Crippen MR) is 79.9 cm³/mol. The Morgan fingerprint density at radius 1 is 1.25 bits per heavy atom. The van der Waals surface area contributed by atoms with Crippen molar-refractivity contribution in [2.75, 3.05) is 5.32 Å². The maximum atomic E-state index is 11.8. The molecule has 0 radical (unpaired) electrons. The SMILES string of the molecule is CCCCCCC(=O)Nc1cccc(S(N)(=O)=O)c1C. The highest BCUT2D eigenvalue weighted by atomic mass is 32.2. The number of sulfonamides is 1. The summed E-state index contributed by atoms with van der Waals surface area (Å²) in [6, 6.07) is 4.68. The minimum Gasteiger partial charge on any atom is -0.326 e. The molecule has 0 aliphatic carbocycles. The first kappa shape index (κ1) is 16.7. The highest BCUT2D eigenvalue weighted by Crippen LogP contribution is 2.22. The molecule has 1 amide bonds. The molecule has 0 saturated heterocycles. The lowest BCUT2D eigenvalue weighted by Crippen LogP contribution is -2.16. The fraction of sp³-hybridized carbons (Fsp3) is 0.500. The van der Waals surface area contributed by atoms with E-state index in [9.17, 15) is 13.2 Å². The minimum absolute atomic E-state index is 0.0429. The number of primary sulfonamides is 1. The van der Waals surface area contributed by atoms with Gasteiger partial charge in [-0.25, -0.2) is 13.6 Å². The number of carbonyl (C=O) groups is 1. The number of unbranched alkanes of at least 4 members (excludes halogenated alkanes) is 3. The van der Waals surface area contributed by atoms with E-state index in [1.165, 1.54) is 6.07 Å². The molecule has 0 atom stereocenters. The topological polar surface area (TPSA) is 89.3 Å². The monoisotopic (exact) mass is 298 g/mol. The van der Waals surface area contributed by atoms with Gasteiger partial charge in [-0.2, -0.15) is 0 Å². The molecule has 0 spiro atoms. The summed E-state index contributed by atoms with van der Waals surface area (Å²) in [5.74, 6) is -0.101. The van der Waals surface area contributed by atoms with Crippen LogP contribution in [0.5, 0.6) is 0 Å². The molecule has 3 N–H and O–H groups in total. The van der Waals surface area contributed by atoms with Crippen molar-refractivity contribution in [3.8, 4) is 0 Å². The lowest BCUT2D eigenvalue weighted by atomic mass is 10.1. The van der Waals surface area contributed by atoms with Gasteiger partial charge in [-0.15, -0.1) is 0 Å². The summed E-state index contributed by atoms with van der Waals surface area (Å²) in [6.07, 6.45) is 4.55. The zero-order valence-corrected chi connectivity index (χ0v) is 12.8. The third-order valence-corrected chi connectivity index (χ3v) is 4.18. The van der Waals surface area contributed by atoms with Gasteiger partial charge >= 0.3 is 0 Å². The van der Waals surface area contributed by atoms with Crippen LogP contribution in [0.3, 0.4) is 0 Å². The standard InChI is InChI=1S/C14H22N2O3S/c1-3-4-5-6-10-14(17)16-12-8-7-9-13(11(12)2)20(15,18)19/h7-9H,3-6,10H2,1-2H3,(H,16,17)(H2,15,18,19). The van der Waals surface area contributed by atoms with E-state index in [1.54, 1.807) is 19.1 Å². The van der Waals surface area contributed by atoms with E-state index in [1.807, 2.05) is 0 Å². The van der Waals surface area contributed by atoms with Crippen LogP contribution in [-0.4, -0.2) is 14.3 Å². The van der Waals surface area contributed by atoms with E-state index >= 15 is 0 Å². The predicted octanol–water partition coefficient (Wildman–Crippen LogP) is 2.55. The molecule has 0 bridgehead atoms. The van der Waals surface area contributed by atoms with Crippen molar-refractivity contribution in [1.82, 2.24) is 0 Å². The number of anilines is 1. The van der Waals surface area contributed by atoms with Crippen LogP contribution in [0.2, 0.25) is 0 Å². The number of carbonyl (C=O) groups excluding carboxylic acids is 1. The number of hydrogen-bond donors (Lipinski definition) is 2.